The SMILES string of the molecule is CS(=O)(=O)N(Cc1ccc(C(=O)Nc2cccc(Br)c2)cc1)c1ccccc1. The van der Waals surface area contributed by atoms with E-state index in [1.807, 2.05) is 24.3 Å². The van der Waals surface area contributed by atoms with Gasteiger partial charge in [0, 0.05) is 15.7 Å². The average molecular weight is 459 g/mol. The number of anilines is 2. The van der Waals surface area contributed by atoms with Crippen LogP contribution < -0.4 is 9.62 Å². The molecule has 5 nitrogen and oxygen atoms in total. The molecule has 7 heteroatoms. The largest absolute Gasteiger partial charge is 0.322 e. The fourth-order valence-corrected chi connectivity index (χ4v) is 3.98. The molecule has 3 aromatic rings. The van der Waals surface area contributed by atoms with E-state index in [1.165, 1.54) is 10.6 Å². The maximum absolute atomic E-state index is 12.4. The van der Waals surface area contributed by atoms with Gasteiger partial charge in [0.15, 0.2) is 0 Å². The Morgan fingerprint density at radius 1 is 0.964 bits per heavy atom. The Morgan fingerprint density at radius 3 is 2.25 bits per heavy atom. The topological polar surface area (TPSA) is 66.5 Å². The van der Waals surface area contributed by atoms with E-state index in [1.54, 1.807) is 54.6 Å². The van der Waals surface area contributed by atoms with Crippen molar-refractivity contribution in [3.05, 3.63) is 94.5 Å². The Bertz CT molecular complexity index is 1070. The highest BCUT2D eigenvalue weighted by Crippen LogP contribution is 2.21. The molecule has 0 unspecified atom stereocenters. The molecule has 0 aromatic heterocycles. The lowest BCUT2D eigenvalue weighted by Gasteiger charge is -2.22. The molecule has 3 rings (SSSR count). The van der Waals surface area contributed by atoms with Gasteiger partial charge in [-0.25, -0.2) is 8.42 Å². The minimum absolute atomic E-state index is 0.191. The van der Waals surface area contributed by atoms with Gasteiger partial charge in [0.05, 0.1) is 18.5 Å². The predicted octanol–water partition coefficient (Wildman–Crippen LogP) is 4.67. The summed E-state index contributed by atoms with van der Waals surface area (Å²) in [5, 5.41) is 2.83. The van der Waals surface area contributed by atoms with Crippen LogP contribution in [0.15, 0.2) is 83.3 Å². The molecule has 0 saturated carbocycles. The van der Waals surface area contributed by atoms with Crippen LogP contribution in [0.2, 0.25) is 0 Å². The molecule has 0 saturated heterocycles. The summed E-state index contributed by atoms with van der Waals surface area (Å²) in [6.45, 7) is 0.191. The monoisotopic (exact) mass is 458 g/mol. The third kappa shape index (κ3) is 5.21. The Morgan fingerprint density at radius 2 is 1.64 bits per heavy atom. The maximum Gasteiger partial charge on any atom is 0.255 e. The van der Waals surface area contributed by atoms with Gasteiger partial charge in [-0.05, 0) is 48.0 Å². The van der Waals surface area contributed by atoms with Crippen LogP contribution >= 0.6 is 15.9 Å². The molecular weight excluding hydrogens is 440 g/mol. The van der Waals surface area contributed by atoms with Crippen LogP contribution in [-0.4, -0.2) is 20.6 Å². The van der Waals surface area contributed by atoms with Gasteiger partial charge in [-0.3, -0.25) is 9.10 Å². The molecule has 1 amide bonds. The molecule has 0 atom stereocenters. The second-order valence-electron chi connectivity index (χ2n) is 6.27. The number of nitrogens with one attached hydrogen (secondary N) is 1. The van der Waals surface area contributed by atoms with Gasteiger partial charge in [-0.15, -0.1) is 0 Å². The lowest BCUT2D eigenvalue weighted by Crippen LogP contribution is -2.29. The van der Waals surface area contributed by atoms with Gasteiger partial charge in [0.25, 0.3) is 5.91 Å². The number of sulfonamides is 1. The van der Waals surface area contributed by atoms with E-state index in [0.29, 0.717) is 16.9 Å². The number of hydrogen-bond acceptors (Lipinski definition) is 3. The van der Waals surface area contributed by atoms with Crippen LogP contribution in [0, 0.1) is 0 Å². The second-order valence-corrected chi connectivity index (χ2v) is 9.09. The van der Waals surface area contributed by atoms with Gasteiger partial charge in [-0.1, -0.05) is 52.3 Å². The van der Waals surface area contributed by atoms with E-state index in [-0.39, 0.29) is 12.5 Å². The zero-order chi connectivity index (χ0) is 20.1. The van der Waals surface area contributed by atoms with Crippen LogP contribution in [0.25, 0.3) is 0 Å². The minimum atomic E-state index is -3.44. The Kier molecular flexibility index (Phi) is 6.16. The van der Waals surface area contributed by atoms with Crippen molar-refractivity contribution in [1.29, 1.82) is 0 Å². The van der Waals surface area contributed by atoms with Crippen molar-refractivity contribution in [2.75, 3.05) is 15.9 Å². The molecule has 0 aliphatic heterocycles. The number of para-hydroxylation sites is 1. The zero-order valence-electron chi connectivity index (χ0n) is 15.2. The highest BCUT2D eigenvalue weighted by atomic mass is 79.9. The number of hydrogen-bond donors (Lipinski definition) is 1. The lowest BCUT2D eigenvalue weighted by atomic mass is 10.1. The van der Waals surface area contributed by atoms with Gasteiger partial charge in [-0.2, -0.15) is 0 Å². The average Bonchev–Trinajstić information content (AvgIpc) is 2.66. The number of amides is 1. The van der Waals surface area contributed by atoms with Gasteiger partial charge >= 0.3 is 0 Å². The summed E-state index contributed by atoms with van der Waals surface area (Å²) in [5.41, 5.74) is 2.57. The third-order valence-corrected chi connectivity index (χ3v) is 5.70. The highest BCUT2D eigenvalue weighted by molar-refractivity contribution is 9.10. The van der Waals surface area contributed by atoms with Crippen LogP contribution in [0.1, 0.15) is 15.9 Å². The van der Waals surface area contributed by atoms with Crippen LogP contribution in [0.4, 0.5) is 11.4 Å². The summed E-state index contributed by atoms with van der Waals surface area (Å²) in [6.07, 6.45) is 1.18. The first-order valence-corrected chi connectivity index (χ1v) is 11.2. The standard InChI is InChI=1S/C21H19BrN2O3S/c1-28(26,27)24(20-8-3-2-4-9-20)15-16-10-12-17(13-11-16)21(25)23-19-7-5-6-18(22)14-19/h2-14H,15H2,1H3,(H,23,25). The zero-order valence-corrected chi connectivity index (χ0v) is 17.6. The van der Waals surface area contributed by atoms with Crippen molar-refractivity contribution >= 4 is 43.2 Å². The first-order valence-electron chi connectivity index (χ1n) is 8.51. The lowest BCUT2D eigenvalue weighted by molar-refractivity contribution is 0.102. The molecule has 1 N–H and O–H groups in total. The quantitative estimate of drug-likeness (QED) is 0.583. The van der Waals surface area contributed by atoms with Crippen molar-refractivity contribution < 1.29 is 13.2 Å². The summed E-state index contributed by atoms with van der Waals surface area (Å²) in [7, 11) is -3.44. The van der Waals surface area contributed by atoms with Crippen molar-refractivity contribution in [3.8, 4) is 0 Å². The van der Waals surface area contributed by atoms with Crippen LogP contribution in [-0.2, 0) is 16.6 Å². The minimum Gasteiger partial charge on any atom is -0.322 e. The molecule has 0 fully saturated rings. The van der Waals surface area contributed by atoms with Crippen molar-refractivity contribution in [3.63, 3.8) is 0 Å². The highest BCUT2D eigenvalue weighted by Gasteiger charge is 2.17. The Hall–Kier alpha value is -2.64. The Balaban J connectivity index is 1.75. The number of rotatable bonds is 6. The molecule has 0 aliphatic rings. The van der Waals surface area contributed by atoms with Gasteiger partial charge in [0.1, 0.15) is 0 Å². The maximum atomic E-state index is 12.4. The van der Waals surface area contributed by atoms with Crippen molar-refractivity contribution in [1.82, 2.24) is 0 Å². The van der Waals surface area contributed by atoms with E-state index >= 15 is 0 Å². The fourth-order valence-electron chi connectivity index (χ4n) is 2.69. The van der Waals surface area contributed by atoms with E-state index in [0.717, 1.165) is 10.0 Å². The molecule has 0 heterocycles. The molecule has 0 bridgehead atoms. The second kappa shape index (κ2) is 8.58. The molecule has 0 radical (unpaired) electrons. The molecule has 144 valence electrons. The summed E-state index contributed by atoms with van der Waals surface area (Å²) in [6, 6.07) is 23.2. The van der Waals surface area contributed by atoms with Gasteiger partial charge in [0.2, 0.25) is 10.0 Å². The van der Waals surface area contributed by atoms with Gasteiger partial charge < -0.3 is 5.32 Å². The fraction of sp³-hybridized carbons (Fsp3) is 0.0952. The van der Waals surface area contributed by atoms with E-state index < -0.39 is 10.0 Å². The predicted molar refractivity (Wildman–Crippen MR) is 116 cm³/mol. The summed E-state index contributed by atoms with van der Waals surface area (Å²) < 4.78 is 26.6. The number of halogens is 1. The van der Waals surface area contributed by atoms with Crippen LogP contribution in [0.3, 0.4) is 0 Å². The smallest absolute Gasteiger partial charge is 0.255 e. The molecular formula is C21H19BrN2O3S. The van der Waals surface area contributed by atoms with E-state index in [4.69, 9.17) is 0 Å². The molecule has 0 aliphatic carbocycles. The van der Waals surface area contributed by atoms with Crippen molar-refractivity contribution in [2.45, 2.75) is 6.54 Å². The first-order chi connectivity index (χ1) is 13.3. The summed E-state index contributed by atoms with van der Waals surface area (Å²) >= 11 is 3.37. The molecule has 3 aromatic carbocycles. The summed E-state index contributed by atoms with van der Waals surface area (Å²) in [5.74, 6) is -0.229. The number of carbonyl (C=O) groups is 1. The molecule has 28 heavy (non-hydrogen) atoms. The molecule has 0 spiro atoms. The van der Waals surface area contributed by atoms with E-state index in [9.17, 15) is 13.2 Å². The first kappa shape index (κ1) is 20.1. The third-order valence-electron chi connectivity index (χ3n) is 4.07. The van der Waals surface area contributed by atoms with Crippen LogP contribution in [0.5, 0.6) is 0 Å². The van der Waals surface area contributed by atoms with E-state index in [2.05, 4.69) is 21.2 Å². The number of benzene rings is 3. The van der Waals surface area contributed by atoms with Crippen molar-refractivity contribution in [2.24, 2.45) is 0 Å². The number of nitrogens with zero attached hydrogens (tertiary/aromatic N) is 1. The summed E-state index contributed by atoms with van der Waals surface area (Å²) in [4.78, 5) is 12.4. The normalized spacial score (nSPS) is 11.1. The number of carbonyl (C=O) groups excluding carboxylic acids is 1. The Labute approximate surface area is 173 Å².